The highest BCUT2D eigenvalue weighted by atomic mass is 79.9. The van der Waals surface area contributed by atoms with E-state index in [1.165, 1.54) is 0 Å². The first-order valence-electron chi connectivity index (χ1n) is 5.39. The van der Waals surface area contributed by atoms with Crippen molar-refractivity contribution in [3.8, 4) is 0 Å². The van der Waals surface area contributed by atoms with Gasteiger partial charge in [-0.05, 0) is 34.5 Å². The molecule has 1 aromatic carbocycles. The molecule has 0 unspecified atom stereocenters. The zero-order valence-corrected chi connectivity index (χ0v) is 11.4. The lowest BCUT2D eigenvalue weighted by Gasteiger charge is -2.10. The summed E-state index contributed by atoms with van der Waals surface area (Å²) >= 11 is 3.28. The monoisotopic (exact) mass is 308 g/mol. The second-order valence-corrected chi connectivity index (χ2v) is 4.86. The van der Waals surface area contributed by atoms with Crippen molar-refractivity contribution in [1.82, 2.24) is 9.78 Å². The van der Waals surface area contributed by atoms with Crippen LogP contribution in [0.3, 0.4) is 0 Å². The number of nitrogens with two attached hydrogens (primary N) is 1. The van der Waals surface area contributed by atoms with Crippen LogP contribution in [0.4, 0.5) is 11.4 Å². The highest BCUT2D eigenvalue weighted by molar-refractivity contribution is 9.10. The van der Waals surface area contributed by atoms with Gasteiger partial charge >= 0.3 is 0 Å². The van der Waals surface area contributed by atoms with Crippen LogP contribution in [0.25, 0.3) is 0 Å². The van der Waals surface area contributed by atoms with Crippen LogP contribution in [-0.2, 0) is 11.3 Å². The number of anilines is 2. The zero-order valence-electron chi connectivity index (χ0n) is 9.85. The van der Waals surface area contributed by atoms with Crippen LogP contribution in [0.15, 0.2) is 35.1 Å². The quantitative estimate of drug-likeness (QED) is 0.854. The van der Waals surface area contributed by atoms with Gasteiger partial charge in [0, 0.05) is 6.20 Å². The second kappa shape index (κ2) is 5.22. The topological polar surface area (TPSA) is 72.9 Å². The molecule has 0 radical (unpaired) electrons. The van der Waals surface area contributed by atoms with E-state index in [0.717, 1.165) is 10.0 Å². The summed E-state index contributed by atoms with van der Waals surface area (Å²) in [6.45, 7) is 2.05. The van der Waals surface area contributed by atoms with Gasteiger partial charge in [-0.15, -0.1) is 0 Å². The molecule has 0 aliphatic rings. The number of carbonyl (C=O) groups is 1. The van der Waals surface area contributed by atoms with Gasteiger partial charge in [-0.3, -0.25) is 9.48 Å². The largest absolute Gasteiger partial charge is 0.397 e. The van der Waals surface area contributed by atoms with Gasteiger partial charge in [-0.1, -0.05) is 12.1 Å². The van der Waals surface area contributed by atoms with E-state index < -0.39 is 0 Å². The van der Waals surface area contributed by atoms with E-state index in [1.807, 2.05) is 19.1 Å². The second-order valence-electron chi connectivity index (χ2n) is 3.94. The van der Waals surface area contributed by atoms with Crippen LogP contribution in [0.2, 0.25) is 0 Å². The molecular formula is C12H13BrN4O. The lowest BCUT2D eigenvalue weighted by atomic mass is 10.1. The molecule has 3 N–H and O–H groups in total. The van der Waals surface area contributed by atoms with Crippen molar-refractivity contribution >= 4 is 33.2 Å². The molecule has 0 aliphatic carbocycles. The molecule has 1 aromatic heterocycles. The van der Waals surface area contributed by atoms with E-state index in [-0.39, 0.29) is 12.5 Å². The fourth-order valence-electron chi connectivity index (χ4n) is 1.61. The third-order valence-corrected chi connectivity index (χ3v) is 2.89. The Labute approximate surface area is 113 Å². The number of benzene rings is 1. The van der Waals surface area contributed by atoms with Crippen LogP contribution in [0.1, 0.15) is 5.56 Å². The molecule has 0 aliphatic heterocycles. The molecule has 0 atom stereocenters. The fourth-order valence-corrected chi connectivity index (χ4v) is 1.94. The first-order chi connectivity index (χ1) is 8.56. The number of hydrogen-bond donors (Lipinski definition) is 2. The maximum Gasteiger partial charge on any atom is 0.246 e. The molecule has 94 valence electrons. The predicted molar refractivity (Wildman–Crippen MR) is 74.1 cm³/mol. The Morgan fingerprint density at radius 3 is 2.94 bits per heavy atom. The maximum absolute atomic E-state index is 11.9. The summed E-state index contributed by atoms with van der Waals surface area (Å²) in [5.74, 6) is -0.161. The number of nitrogen functional groups attached to an aromatic ring is 1. The summed E-state index contributed by atoms with van der Waals surface area (Å²) in [7, 11) is 0. The van der Waals surface area contributed by atoms with Gasteiger partial charge in [-0.25, -0.2) is 0 Å². The fraction of sp³-hybridized carbons (Fsp3) is 0.167. The van der Waals surface area contributed by atoms with Gasteiger partial charge in [0.2, 0.25) is 5.91 Å². The van der Waals surface area contributed by atoms with E-state index in [1.54, 1.807) is 23.1 Å². The Bertz CT molecular complexity index is 559. The summed E-state index contributed by atoms with van der Waals surface area (Å²) in [5.41, 5.74) is 7.98. The van der Waals surface area contributed by atoms with Crippen LogP contribution in [-0.4, -0.2) is 15.7 Å². The molecule has 0 fully saturated rings. The minimum Gasteiger partial charge on any atom is -0.397 e. The minimum atomic E-state index is -0.161. The third-order valence-electron chi connectivity index (χ3n) is 2.48. The summed E-state index contributed by atoms with van der Waals surface area (Å²) < 4.78 is 2.39. The number of nitrogens with zero attached hydrogens (tertiary/aromatic N) is 2. The van der Waals surface area contributed by atoms with E-state index in [0.29, 0.717) is 11.4 Å². The van der Waals surface area contributed by atoms with Crippen molar-refractivity contribution in [3.05, 3.63) is 40.6 Å². The zero-order chi connectivity index (χ0) is 13.1. The minimum absolute atomic E-state index is 0.152. The summed E-state index contributed by atoms with van der Waals surface area (Å²) in [5, 5.41) is 6.82. The van der Waals surface area contributed by atoms with Crippen molar-refractivity contribution in [3.63, 3.8) is 0 Å². The van der Waals surface area contributed by atoms with E-state index >= 15 is 0 Å². The lowest BCUT2D eigenvalue weighted by Crippen LogP contribution is -2.20. The Kier molecular flexibility index (Phi) is 3.66. The number of rotatable bonds is 3. The molecule has 2 aromatic rings. The number of amides is 1. The first-order valence-corrected chi connectivity index (χ1v) is 6.18. The van der Waals surface area contributed by atoms with Crippen molar-refractivity contribution in [2.45, 2.75) is 13.5 Å². The number of hydrogen-bond acceptors (Lipinski definition) is 3. The molecular weight excluding hydrogens is 296 g/mol. The van der Waals surface area contributed by atoms with Gasteiger partial charge in [0.15, 0.2) is 0 Å². The molecule has 0 saturated heterocycles. The highest BCUT2D eigenvalue weighted by Crippen LogP contribution is 2.22. The standard InChI is InChI=1S/C12H13BrN4O/c1-8-3-2-4-10(14)12(8)16-11(18)7-17-6-9(13)5-15-17/h2-6H,7,14H2,1H3,(H,16,18). The van der Waals surface area contributed by atoms with Crippen molar-refractivity contribution in [1.29, 1.82) is 0 Å². The number of para-hydroxylation sites is 1. The highest BCUT2D eigenvalue weighted by Gasteiger charge is 2.08. The Morgan fingerprint density at radius 1 is 1.56 bits per heavy atom. The summed E-state index contributed by atoms with van der Waals surface area (Å²) in [4.78, 5) is 11.9. The first kappa shape index (κ1) is 12.6. The SMILES string of the molecule is Cc1cccc(N)c1NC(=O)Cn1cc(Br)cn1. The maximum atomic E-state index is 11.9. The normalized spacial score (nSPS) is 10.3. The van der Waals surface area contributed by atoms with Crippen molar-refractivity contribution in [2.75, 3.05) is 11.1 Å². The Morgan fingerprint density at radius 2 is 2.33 bits per heavy atom. The molecule has 18 heavy (non-hydrogen) atoms. The van der Waals surface area contributed by atoms with Crippen LogP contribution < -0.4 is 11.1 Å². The Hall–Kier alpha value is -1.82. The number of carbonyl (C=O) groups excluding carboxylic acids is 1. The lowest BCUT2D eigenvalue weighted by molar-refractivity contribution is -0.116. The van der Waals surface area contributed by atoms with E-state index in [2.05, 4.69) is 26.3 Å². The molecule has 6 heteroatoms. The number of aromatic nitrogens is 2. The molecule has 2 rings (SSSR count). The van der Waals surface area contributed by atoms with E-state index in [4.69, 9.17) is 5.73 Å². The van der Waals surface area contributed by atoms with Gasteiger partial charge in [0.1, 0.15) is 6.54 Å². The average Bonchev–Trinajstić information content (AvgIpc) is 2.69. The third kappa shape index (κ3) is 2.89. The smallest absolute Gasteiger partial charge is 0.246 e. The van der Waals surface area contributed by atoms with Gasteiger partial charge in [0.25, 0.3) is 0 Å². The molecule has 1 amide bonds. The van der Waals surface area contributed by atoms with Crippen LogP contribution in [0.5, 0.6) is 0 Å². The molecule has 1 heterocycles. The summed E-state index contributed by atoms with van der Waals surface area (Å²) in [6, 6.07) is 5.51. The van der Waals surface area contributed by atoms with E-state index in [9.17, 15) is 4.79 Å². The molecule has 0 bridgehead atoms. The predicted octanol–water partition coefficient (Wildman–Crippen LogP) is 2.17. The Balaban J connectivity index is 2.08. The molecule has 0 spiro atoms. The average molecular weight is 309 g/mol. The van der Waals surface area contributed by atoms with Crippen molar-refractivity contribution in [2.24, 2.45) is 0 Å². The van der Waals surface area contributed by atoms with Crippen LogP contribution >= 0.6 is 15.9 Å². The molecule has 0 saturated carbocycles. The van der Waals surface area contributed by atoms with Crippen LogP contribution in [0, 0.1) is 6.92 Å². The van der Waals surface area contributed by atoms with Gasteiger partial charge in [0.05, 0.1) is 22.0 Å². The van der Waals surface area contributed by atoms with Crippen molar-refractivity contribution < 1.29 is 4.79 Å². The number of aryl methyl sites for hydroxylation is 1. The summed E-state index contributed by atoms with van der Waals surface area (Å²) in [6.07, 6.45) is 3.37. The number of nitrogens with one attached hydrogen (secondary N) is 1. The van der Waals surface area contributed by atoms with Gasteiger partial charge in [-0.2, -0.15) is 5.10 Å². The number of halogens is 1. The van der Waals surface area contributed by atoms with Gasteiger partial charge < -0.3 is 11.1 Å². The molecule has 5 nitrogen and oxygen atoms in total.